The fourth-order valence-electron chi connectivity index (χ4n) is 1.70. The van der Waals surface area contributed by atoms with Crippen molar-refractivity contribution in [2.75, 3.05) is 6.54 Å². The van der Waals surface area contributed by atoms with Crippen LogP contribution in [0.3, 0.4) is 0 Å². The van der Waals surface area contributed by atoms with Crippen LogP contribution in [0.1, 0.15) is 12.8 Å². The highest BCUT2D eigenvalue weighted by atomic mass is 32.2. The Bertz CT molecular complexity index is 453. The number of thiol groups is 1. The summed E-state index contributed by atoms with van der Waals surface area (Å²) in [5.41, 5.74) is -5.47. The average molecular weight is 305 g/mol. The molecule has 11 heteroatoms. The molecule has 2 aliphatic heterocycles. The molecule has 2 atom stereocenters. The van der Waals surface area contributed by atoms with Crippen molar-refractivity contribution >= 4 is 29.1 Å². The molecule has 1 saturated heterocycles. The predicted octanol–water partition coefficient (Wildman–Crippen LogP) is 0.747. The van der Waals surface area contributed by atoms with E-state index in [1.165, 1.54) is 6.34 Å². The number of nitrogens with zero attached hydrogens (tertiary/aromatic N) is 3. The minimum Gasteiger partial charge on any atom is -0.337 e. The van der Waals surface area contributed by atoms with Crippen molar-refractivity contribution in [2.24, 2.45) is 5.10 Å². The van der Waals surface area contributed by atoms with E-state index in [9.17, 15) is 21.6 Å². The number of piperidine rings is 1. The highest BCUT2D eigenvalue weighted by Crippen LogP contribution is 2.31. The third kappa shape index (κ3) is 2.52. The van der Waals surface area contributed by atoms with Crippen molar-refractivity contribution in [3.05, 3.63) is 0 Å². The molecule has 0 aromatic heterocycles. The Morgan fingerprint density at radius 1 is 1.44 bits per heavy atom. The quantitative estimate of drug-likeness (QED) is 0.602. The molecule has 0 aliphatic carbocycles. The van der Waals surface area contributed by atoms with E-state index in [1.807, 2.05) is 0 Å². The average Bonchev–Trinajstić information content (AvgIpc) is 2.59. The molecule has 2 unspecified atom stereocenters. The number of rotatable bonds is 2. The van der Waals surface area contributed by atoms with Gasteiger partial charge in [0.1, 0.15) is 12.5 Å². The van der Waals surface area contributed by atoms with Crippen LogP contribution in [0.4, 0.5) is 13.2 Å². The summed E-state index contributed by atoms with van der Waals surface area (Å²) < 4.78 is 62.2. The van der Waals surface area contributed by atoms with Gasteiger partial charge in [-0.1, -0.05) is 0 Å². The Labute approximate surface area is 107 Å². The van der Waals surface area contributed by atoms with Gasteiger partial charge >= 0.3 is 15.6 Å². The van der Waals surface area contributed by atoms with Crippen molar-refractivity contribution in [3.63, 3.8) is 0 Å². The monoisotopic (exact) mass is 305 g/mol. The summed E-state index contributed by atoms with van der Waals surface area (Å²) in [6.07, 6.45) is 1.69. The number of hydrogen-bond donors (Lipinski definition) is 1. The third-order valence-electron chi connectivity index (χ3n) is 2.61. The standard InChI is InChI=1S/C7H10F3N3O3S2/c8-7(9,10)18(14,15)16-13-6-3-5(17)1-2-12(6)4-11-13/h4-6,17H,1-3H2. The second-order valence-corrected chi connectivity index (χ2v) is 6.16. The van der Waals surface area contributed by atoms with Crippen LogP contribution in [0.25, 0.3) is 0 Å². The zero-order chi connectivity index (χ0) is 13.6. The van der Waals surface area contributed by atoms with Gasteiger partial charge in [-0.25, -0.2) is 0 Å². The van der Waals surface area contributed by atoms with Crippen LogP contribution in [0.5, 0.6) is 0 Å². The highest BCUT2D eigenvalue weighted by Gasteiger charge is 2.51. The Hall–Kier alpha value is -0.680. The van der Waals surface area contributed by atoms with E-state index < -0.39 is 21.8 Å². The van der Waals surface area contributed by atoms with E-state index in [1.54, 1.807) is 4.90 Å². The third-order valence-corrected chi connectivity index (χ3v) is 4.00. The SMILES string of the molecule is O=S(=O)(ON1N=CN2CCC(S)CC21)C(F)(F)F. The van der Waals surface area contributed by atoms with Crippen LogP contribution >= 0.6 is 12.6 Å². The van der Waals surface area contributed by atoms with Gasteiger partial charge in [0.05, 0.1) is 0 Å². The van der Waals surface area contributed by atoms with Crippen LogP contribution in [-0.4, -0.2) is 48.3 Å². The van der Waals surface area contributed by atoms with Gasteiger partial charge < -0.3 is 4.90 Å². The summed E-state index contributed by atoms with van der Waals surface area (Å²) in [7, 11) is -5.69. The van der Waals surface area contributed by atoms with E-state index in [4.69, 9.17) is 0 Å². The molecule has 0 spiro atoms. The van der Waals surface area contributed by atoms with Crippen LogP contribution in [0, 0.1) is 0 Å². The maximum atomic E-state index is 12.2. The molecule has 2 heterocycles. The van der Waals surface area contributed by atoms with E-state index in [2.05, 4.69) is 22.0 Å². The molecular formula is C7H10F3N3O3S2. The number of fused-ring (bicyclic) bond motifs is 1. The minimum absolute atomic E-state index is 0.0346. The molecule has 1 fully saturated rings. The van der Waals surface area contributed by atoms with Gasteiger partial charge in [0.2, 0.25) is 0 Å². The summed E-state index contributed by atoms with van der Waals surface area (Å²) in [4.78, 5) is 1.61. The Kier molecular flexibility index (Phi) is 3.40. The van der Waals surface area contributed by atoms with E-state index >= 15 is 0 Å². The van der Waals surface area contributed by atoms with Crippen molar-refractivity contribution in [2.45, 2.75) is 29.8 Å². The largest absolute Gasteiger partial charge is 0.525 e. The smallest absolute Gasteiger partial charge is 0.337 e. The normalized spacial score (nSPS) is 28.7. The molecule has 0 N–H and O–H groups in total. The summed E-state index contributed by atoms with van der Waals surface area (Å²) in [6.45, 7) is 0.536. The van der Waals surface area contributed by atoms with Gasteiger partial charge in [-0.15, -0.1) is 14.6 Å². The van der Waals surface area contributed by atoms with Gasteiger partial charge in [-0.05, 0) is 6.42 Å². The maximum absolute atomic E-state index is 12.2. The zero-order valence-corrected chi connectivity index (χ0v) is 10.6. The molecule has 0 aromatic rings. The molecule has 0 bridgehead atoms. The lowest BCUT2D eigenvalue weighted by Crippen LogP contribution is -2.47. The Morgan fingerprint density at radius 2 is 2.11 bits per heavy atom. The van der Waals surface area contributed by atoms with E-state index in [0.29, 0.717) is 18.1 Å². The maximum Gasteiger partial charge on any atom is 0.525 e. The van der Waals surface area contributed by atoms with Crippen molar-refractivity contribution in [3.8, 4) is 0 Å². The molecule has 104 valence electrons. The number of halogens is 3. The van der Waals surface area contributed by atoms with Gasteiger partial charge in [0.25, 0.3) is 0 Å². The number of alkyl halides is 3. The molecule has 2 aliphatic rings. The number of hydrogen-bond acceptors (Lipinski definition) is 7. The first-order valence-electron chi connectivity index (χ1n) is 4.99. The molecule has 0 amide bonds. The molecule has 2 rings (SSSR count). The molecule has 0 saturated carbocycles. The van der Waals surface area contributed by atoms with Crippen LogP contribution in [0.2, 0.25) is 0 Å². The Balaban J connectivity index is 2.10. The molecule has 0 aromatic carbocycles. The summed E-state index contributed by atoms with van der Waals surface area (Å²) in [5, 5.41) is 3.94. The topological polar surface area (TPSA) is 62.2 Å². The minimum atomic E-state index is -5.69. The van der Waals surface area contributed by atoms with Gasteiger partial charge in [-0.2, -0.15) is 34.2 Å². The van der Waals surface area contributed by atoms with Gasteiger partial charge in [0, 0.05) is 18.2 Å². The van der Waals surface area contributed by atoms with Gasteiger partial charge in [-0.3, -0.25) is 0 Å². The molecule has 0 radical (unpaired) electrons. The summed E-state index contributed by atoms with van der Waals surface area (Å²) >= 11 is 4.22. The molecular weight excluding hydrogens is 295 g/mol. The van der Waals surface area contributed by atoms with E-state index in [0.717, 1.165) is 6.42 Å². The lowest BCUT2D eigenvalue weighted by Gasteiger charge is -2.35. The highest BCUT2D eigenvalue weighted by molar-refractivity contribution is 7.87. The fraction of sp³-hybridized carbons (Fsp3) is 0.857. The predicted molar refractivity (Wildman–Crippen MR) is 58.9 cm³/mol. The second kappa shape index (κ2) is 4.46. The lowest BCUT2D eigenvalue weighted by atomic mass is 10.1. The number of hydroxylamine groups is 1. The van der Waals surface area contributed by atoms with Crippen LogP contribution < -0.4 is 0 Å². The zero-order valence-electron chi connectivity index (χ0n) is 8.91. The summed E-state index contributed by atoms with van der Waals surface area (Å²) in [6, 6.07) is 0. The lowest BCUT2D eigenvalue weighted by molar-refractivity contribution is -0.138. The van der Waals surface area contributed by atoms with Gasteiger partial charge in [0.15, 0.2) is 0 Å². The van der Waals surface area contributed by atoms with Crippen LogP contribution in [-0.2, 0) is 14.4 Å². The Morgan fingerprint density at radius 3 is 2.72 bits per heavy atom. The van der Waals surface area contributed by atoms with Crippen molar-refractivity contribution in [1.82, 2.24) is 10.1 Å². The summed E-state index contributed by atoms with van der Waals surface area (Å²) in [5.74, 6) is 0. The number of hydrazone groups is 1. The fourth-order valence-corrected chi connectivity index (χ4v) is 2.43. The first-order chi connectivity index (χ1) is 8.21. The van der Waals surface area contributed by atoms with E-state index in [-0.39, 0.29) is 5.25 Å². The molecule has 6 nitrogen and oxygen atoms in total. The van der Waals surface area contributed by atoms with Crippen molar-refractivity contribution < 1.29 is 25.9 Å². The van der Waals surface area contributed by atoms with Crippen molar-refractivity contribution in [1.29, 1.82) is 0 Å². The van der Waals surface area contributed by atoms with Crippen LogP contribution in [0.15, 0.2) is 5.10 Å². The molecule has 18 heavy (non-hydrogen) atoms. The first-order valence-corrected chi connectivity index (χ1v) is 6.91. The second-order valence-electron chi connectivity index (χ2n) is 3.90. The first kappa shape index (κ1) is 13.7.